The van der Waals surface area contributed by atoms with Crippen LogP contribution in [0.2, 0.25) is 0 Å². The van der Waals surface area contributed by atoms with Crippen molar-refractivity contribution in [2.75, 3.05) is 30.5 Å². The Balaban J connectivity index is 1.51. The minimum Gasteiger partial charge on any atom is -0.497 e. The summed E-state index contributed by atoms with van der Waals surface area (Å²) in [5.41, 5.74) is 0.663. The zero-order valence-corrected chi connectivity index (χ0v) is 14.8. The highest BCUT2D eigenvalue weighted by molar-refractivity contribution is 7.99. The first-order valence-corrected chi connectivity index (χ1v) is 9.27. The number of nitrogens with zero attached hydrogens (tertiary/aromatic N) is 1. The van der Waals surface area contributed by atoms with E-state index in [1.807, 2.05) is 36.0 Å². The third kappa shape index (κ3) is 5.37. The third-order valence-corrected chi connectivity index (χ3v) is 4.86. The summed E-state index contributed by atoms with van der Waals surface area (Å²) < 4.78 is 10.8. The van der Waals surface area contributed by atoms with Crippen LogP contribution in [0.4, 0.5) is 5.69 Å². The van der Waals surface area contributed by atoms with E-state index >= 15 is 0 Å². The monoisotopic (exact) mass is 359 g/mol. The maximum Gasteiger partial charge on any atom is 0.226 e. The average molecular weight is 359 g/mol. The van der Waals surface area contributed by atoms with E-state index in [0.717, 1.165) is 23.8 Å². The largest absolute Gasteiger partial charge is 0.497 e. The molecule has 2 heterocycles. The molecular weight excluding hydrogens is 338 g/mol. The number of aromatic nitrogens is 1. The van der Waals surface area contributed by atoms with Crippen LogP contribution in [0.1, 0.15) is 6.42 Å². The molecule has 1 fully saturated rings. The van der Waals surface area contributed by atoms with Crippen molar-refractivity contribution in [2.24, 2.45) is 0 Å². The van der Waals surface area contributed by atoms with Gasteiger partial charge in [-0.25, -0.2) is 4.98 Å². The Bertz CT molecular complexity index is 686. The van der Waals surface area contributed by atoms with Crippen molar-refractivity contribution < 1.29 is 14.3 Å². The van der Waals surface area contributed by atoms with Crippen LogP contribution < -0.4 is 20.1 Å². The fourth-order valence-corrected chi connectivity index (χ4v) is 3.41. The SMILES string of the molecule is COc1ccc(Oc2ccc(NC(=O)CC3CSCCN3)cn2)cc1. The van der Waals surface area contributed by atoms with Crippen molar-refractivity contribution in [3.05, 3.63) is 42.6 Å². The predicted molar refractivity (Wildman–Crippen MR) is 99.7 cm³/mol. The van der Waals surface area contributed by atoms with Crippen LogP contribution in [0, 0.1) is 0 Å². The van der Waals surface area contributed by atoms with Gasteiger partial charge in [-0.1, -0.05) is 0 Å². The van der Waals surface area contributed by atoms with E-state index in [-0.39, 0.29) is 11.9 Å². The summed E-state index contributed by atoms with van der Waals surface area (Å²) in [6.07, 6.45) is 2.07. The number of thioether (sulfide) groups is 1. The van der Waals surface area contributed by atoms with Gasteiger partial charge in [0.2, 0.25) is 11.8 Å². The summed E-state index contributed by atoms with van der Waals surface area (Å²) in [6, 6.07) is 11.0. The van der Waals surface area contributed by atoms with Crippen LogP contribution in [-0.4, -0.2) is 42.1 Å². The first-order valence-electron chi connectivity index (χ1n) is 8.12. The van der Waals surface area contributed by atoms with E-state index in [9.17, 15) is 4.79 Å². The number of carbonyl (C=O) groups is 1. The predicted octanol–water partition coefficient (Wildman–Crippen LogP) is 2.92. The van der Waals surface area contributed by atoms with E-state index in [0.29, 0.717) is 23.7 Å². The molecule has 0 aliphatic carbocycles. The molecule has 6 nitrogen and oxygen atoms in total. The first kappa shape index (κ1) is 17.6. The molecule has 1 aliphatic rings. The lowest BCUT2D eigenvalue weighted by atomic mass is 10.2. The van der Waals surface area contributed by atoms with Crippen molar-refractivity contribution in [3.8, 4) is 17.4 Å². The number of nitrogens with one attached hydrogen (secondary N) is 2. The molecular formula is C18H21N3O3S. The summed E-state index contributed by atoms with van der Waals surface area (Å²) in [6.45, 7) is 0.960. The molecule has 1 aromatic heterocycles. The molecule has 0 bridgehead atoms. The first-order chi connectivity index (χ1) is 12.2. The van der Waals surface area contributed by atoms with E-state index in [2.05, 4.69) is 15.6 Å². The number of carbonyl (C=O) groups excluding carboxylic acids is 1. The van der Waals surface area contributed by atoms with E-state index < -0.39 is 0 Å². The zero-order chi connectivity index (χ0) is 17.5. The van der Waals surface area contributed by atoms with Crippen molar-refractivity contribution >= 4 is 23.4 Å². The molecule has 1 aromatic carbocycles. The van der Waals surface area contributed by atoms with Crippen LogP contribution in [0.15, 0.2) is 42.6 Å². The standard InChI is InChI=1S/C18H21N3O3S/c1-23-15-3-5-16(6-4-15)24-18-7-2-13(11-20-18)21-17(22)10-14-12-25-9-8-19-14/h2-7,11,14,19H,8-10,12H2,1H3,(H,21,22). The molecule has 7 heteroatoms. The molecule has 132 valence electrons. The molecule has 1 unspecified atom stereocenters. The lowest BCUT2D eigenvalue weighted by molar-refractivity contribution is -0.116. The molecule has 2 N–H and O–H groups in total. The van der Waals surface area contributed by atoms with Crippen molar-refractivity contribution in [1.29, 1.82) is 0 Å². The zero-order valence-electron chi connectivity index (χ0n) is 14.0. The second-order valence-corrected chi connectivity index (χ2v) is 6.79. The van der Waals surface area contributed by atoms with Gasteiger partial charge in [0.1, 0.15) is 11.5 Å². The fraction of sp³-hybridized carbons (Fsp3) is 0.333. The second-order valence-electron chi connectivity index (χ2n) is 5.64. The number of methoxy groups -OCH3 is 1. The Morgan fingerprint density at radius 3 is 2.72 bits per heavy atom. The van der Waals surface area contributed by atoms with Gasteiger partial charge in [0.15, 0.2) is 0 Å². The lowest BCUT2D eigenvalue weighted by Crippen LogP contribution is -2.39. The van der Waals surface area contributed by atoms with Crippen LogP contribution in [-0.2, 0) is 4.79 Å². The molecule has 1 saturated heterocycles. The maximum atomic E-state index is 12.1. The van der Waals surface area contributed by atoms with Crippen LogP contribution in [0.5, 0.6) is 17.4 Å². The number of benzene rings is 1. The molecule has 1 atom stereocenters. The van der Waals surface area contributed by atoms with Gasteiger partial charge in [-0.05, 0) is 30.3 Å². The van der Waals surface area contributed by atoms with Crippen molar-refractivity contribution in [2.45, 2.75) is 12.5 Å². The highest BCUT2D eigenvalue weighted by atomic mass is 32.2. The summed E-state index contributed by atoms with van der Waals surface area (Å²) in [5.74, 6) is 3.98. The van der Waals surface area contributed by atoms with Gasteiger partial charge in [-0.15, -0.1) is 0 Å². The summed E-state index contributed by atoms with van der Waals surface area (Å²) in [4.78, 5) is 16.3. The van der Waals surface area contributed by atoms with Gasteiger partial charge in [-0.2, -0.15) is 11.8 Å². The molecule has 0 spiro atoms. The highest BCUT2D eigenvalue weighted by Gasteiger charge is 2.16. The number of hydrogen-bond donors (Lipinski definition) is 2. The normalized spacial score (nSPS) is 16.9. The Kier molecular flexibility index (Phi) is 6.14. The molecule has 1 amide bonds. The highest BCUT2D eigenvalue weighted by Crippen LogP contribution is 2.23. The Morgan fingerprint density at radius 1 is 1.28 bits per heavy atom. The fourth-order valence-electron chi connectivity index (χ4n) is 2.47. The van der Waals surface area contributed by atoms with Gasteiger partial charge in [-0.3, -0.25) is 4.79 Å². The van der Waals surface area contributed by atoms with Gasteiger partial charge in [0, 0.05) is 36.6 Å². The number of amides is 1. The quantitative estimate of drug-likeness (QED) is 0.826. The molecule has 0 radical (unpaired) electrons. The molecule has 1 aliphatic heterocycles. The smallest absolute Gasteiger partial charge is 0.226 e. The number of ether oxygens (including phenoxy) is 2. The van der Waals surface area contributed by atoms with Crippen molar-refractivity contribution in [3.63, 3.8) is 0 Å². The van der Waals surface area contributed by atoms with E-state index in [1.54, 1.807) is 25.4 Å². The number of pyridine rings is 1. The number of anilines is 1. The minimum absolute atomic E-state index is 0.00868. The Hall–Kier alpha value is -2.25. The second kappa shape index (κ2) is 8.73. The molecule has 25 heavy (non-hydrogen) atoms. The summed E-state index contributed by atoms with van der Waals surface area (Å²) >= 11 is 1.88. The van der Waals surface area contributed by atoms with Gasteiger partial charge < -0.3 is 20.1 Å². The summed E-state index contributed by atoms with van der Waals surface area (Å²) in [5, 5.41) is 6.23. The van der Waals surface area contributed by atoms with Gasteiger partial charge in [0.05, 0.1) is 19.0 Å². The Labute approximate surface area is 151 Å². The van der Waals surface area contributed by atoms with E-state index in [1.165, 1.54) is 0 Å². The number of hydrogen-bond acceptors (Lipinski definition) is 6. The van der Waals surface area contributed by atoms with Gasteiger partial charge in [0.25, 0.3) is 0 Å². The molecule has 0 saturated carbocycles. The maximum absolute atomic E-state index is 12.1. The van der Waals surface area contributed by atoms with Crippen LogP contribution >= 0.6 is 11.8 Å². The Morgan fingerprint density at radius 2 is 2.08 bits per heavy atom. The minimum atomic E-state index is -0.00868. The molecule has 3 rings (SSSR count). The number of rotatable bonds is 6. The van der Waals surface area contributed by atoms with E-state index in [4.69, 9.17) is 9.47 Å². The topological polar surface area (TPSA) is 72.5 Å². The van der Waals surface area contributed by atoms with Gasteiger partial charge >= 0.3 is 0 Å². The molecule has 2 aromatic rings. The summed E-state index contributed by atoms with van der Waals surface area (Å²) in [7, 11) is 1.62. The van der Waals surface area contributed by atoms with Crippen LogP contribution in [0.3, 0.4) is 0 Å². The van der Waals surface area contributed by atoms with Crippen molar-refractivity contribution in [1.82, 2.24) is 10.3 Å². The average Bonchev–Trinajstić information content (AvgIpc) is 2.65. The lowest BCUT2D eigenvalue weighted by Gasteiger charge is -2.22. The third-order valence-electron chi connectivity index (χ3n) is 3.73. The van der Waals surface area contributed by atoms with Crippen LogP contribution in [0.25, 0.3) is 0 Å².